The lowest BCUT2D eigenvalue weighted by Gasteiger charge is -2.62. The van der Waals surface area contributed by atoms with Crippen molar-refractivity contribution in [2.24, 2.45) is 16.6 Å². The number of nitrogens with one attached hydrogen (secondary N) is 1. The fourth-order valence-corrected chi connectivity index (χ4v) is 3.58. The molecule has 0 aromatic carbocycles. The number of aliphatic hydroxyl groups is 5. The van der Waals surface area contributed by atoms with Gasteiger partial charge in [0.15, 0.2) is 17.7 Å². The van der Waals surface area contributed by atoms with Crippen LogP contribution in [0.25, 0.3) is 0 Å². The molecule has 10 nitrogen and oxygen atoms in total. The molecule has 0 radical (unpaired) electrons. The van der Waals surface area contributed by atoms with E-state index in [1.165, 1.54) is 0 Å². The number of hydrogen-bond acceptors (Lipinski definition) is 10. The van der Waals surface area contributed by atoms with Gasteiger partial charge < -0.3 is 41.3 Å². The highest BCUT2D eigenvalue weighted by atomic mass is 16.6. The maximum absolute atomic E-state index is 11.8. The Morgan fingerprint density at radius 3 is 2.67 bits per heavy atom. The fraction of sp³-hybridized carbons (Fsp3) is 0.818. The molecule has 0 aromatic heterocycles. The van der Waals surface area contributed by atoms with Crippen LogP contribution in [0.5, 0.6) is 0 Å². The molecule has 3 aliphatic rings. The summed E-state index contributed by atoms with van der Waals surface area (Å²) in [4.78, 5) is 15.7. The number of hydrogen-bond donors (Lipinski definition) is 7. The Morgan fingerprint density at radius 2 is 2.05 bits per heavy atom. The van der Waals surface area contributed by atoms with Crippen LogP contribution in [0.1, 0.15) is 0 Å². The van der Waals surface area contributed by atoms with Crippen LogP contribution in [0.3, 0.4) is 0 Å². The Labute approximate surface area is 118 Å². The van der Waals surface area contributed by atoms with Crippen LogP contribution >= 0.6 is 0 Å². The third kappa shape index (κ3) is 1.53. The second-order valence-corrected chi connectivity index (χ2v) is 5.69. The molecule has 3 rings (SSSR count). The van der Waals surface area contributed by atoms with Crippen molar-refractivity contribution in [3.05, 3.63) is 0 Å². The highest BCUT2D eigenvalue weighted by Crippen LogP contribution is 2.47. The van der Waals surface area contributed by atoms with Gasteiger partial charge in [-0.1, -0.05) is 0 Å². The van der Waals surface area contributed by atoms with E-state index in [4.69, 9.17) is 10.5 Å². The number of aliphatic hydroxyl groups excluding tert-OH is 4. The minimum Gasteiger partial charge on any atom is -0.457 e. The van der Waals surface area contributed by atoms with E-state index >= 15 is 0 Å². The first-order chi connectivity index (χ1) is 9.79. The number of esters is 1. The standard InChI is InChI=1S/C11H17N3O7/c12-9-13-1-3-7-10(20,2-15)4(16)5(17)11(3,14-9)6(18)8(19)21-7/h3-7,15-18,20H,1-2H2,(H3,12,13,14)/t3-,4+,5?,6+,7+,10+,11?/m0/s1. The van der Waals surface area contributed by atoms with E-state index < -0.39 is 54.0 Å². The summed E-state index contributed by atoms with van der Waals surface area (Å²) in [5.74, 6) is -2.07. The molecular weight excluding hydrogens is 286 g/mol. The number of rotatable bonds is 1. The van der Waals surface area contributed by atoms with Gasteiger partial charge in [0.25, 0.3) is 0 Å². The van der Waals surface area contributed by atoms with Crippen molar-refractivity contribution in [2.75, 3.05) is 13.2 Å². The van der Waals surface area contributed by atoms with Crippen LogP contribution in [-0.2, 0) is 9.53 Å². The van der Waals surface area contributed by atoms with Gasteiger partial charge in [0.2, 0.25) is 0 Å². The molecule has 0 amide bonds. The average Bonchev–Trinajstić information content (AvgIpc) is 2.47. The van der Waals surface area contributed by atoms with Crippen LogP contribution < -0.4 is 11.1 Å². The smallest absolute Gasteiger partial charge is 0.337 e. The van der Waals surface area contributed by atoms with Crippen LogP contribution in [-0.4, -0.2) is 86.2 Å². The van der Waals surface area contributed by atoms with Gasteiger partial charge >= 0.3 is 5.97 Å². The van der Waals surface area contributed by atoms with Crippen molar-refractivity contribution < 1.29 is 35.1 Å². The normalized spacial score (nSPS) is 52.3. The number of ether oxygens (including phenoxy) is 1. The average molecular weight is 303 g/mol. The number of aliphatic imine (C=N–C) groups is 1. The van der Waals surface area contributed by atoms with E-state index in [9.17, 15) is 30.3 Å². The van der Waals surface area contributed by atoms with Crippen molar-refractivity contribution in [3.8, 4) is 0 Å². The lowest BCUT2D eigenvalue weighted by molar-refractivity contribution is -0.297. The number of nitrogens with zero attached hydrogens (tertiary/aromatic N) is 1. The van der Waals surface area contributed by atoms with Crippen LogP contribution in [0.15, 0.2) is 4.99 Å². The SMILES string of the molecule is NC1=NC[C@H]2[C@H]3OC(=O)[C@@H](O)C2(N1)C(O)[C@@H](O)[C@]3(O)CO. The number of nitrogens with two attached hydrogens (primary N) is 1. The molecule has 2 aliphatic heterocycles. The first-order valence-electron chi connectivity index (χ1n) is 6.45. The van der Waals surface area contributed by atoms with E-state index in [1.54, 1.807) is 0 Å². The Balaban J connectivity index is 2.18. The third-order valence-electron chi connectivity index (χ3n) is 4.75. The molecule has 2 fully saturated rings. The van der Waals surface area contributed by atoms with Crippen molar-refractivity contribution >= 4 is 11.9 Å². The predicted molar refractivity (Wildman–Crippen MR) is 65.8 cm³/mol. The summed E-state index contributed by atoms with van der Waals surface area (Å²) < 4.78 is 4.97. The van der Waals surface area contributed by atoms with E-state index in [1.807, 2.05) is 0 Å². The van der Waals surface area contributed by atoms with Crippen molar-refractivity contribution in [1.82, 2.24) is 5.32 Å². The zero-order valence-electron chi connectivity index (χ0n) is 10.9. The summed E-state index contributed by atoms with van der Waals surface area (Å²) in [5.41, 5.74) is 1.57. The Hall–Kier alpha value is -1.46. The second kappa shape index (κ2) is 4.27. The summed E-state index contributed by atoms with van der Waals surface area (Å²) in [7, 11) is 0. The molecule has 21 heavy (non-hydrogen) atoms. The van der Waals surface area contributed by atoms with E-state index in [-0.39, 0.29) is 12.5 Å². The maximum atomic E-state index is 11.8. The van der Waals surface area contributed by atoms with Gasteiger partial charge in [-0.05, 0) is 0 Å². The summed E-state index contributed by atoms with van der Waals surface area (Å²) in [6.45, 7) is -0.995. The molecule has 2 unspecified atom stereocenters. The van der Waals surface area contributed by atoms with E-state index in [0.29, 0.717) is 0 Å². The summed E-state index contributed by atoms with van der Waals surface area (Å²) in [5, 5.41) is 53.0. The van der Waals surface area contributed by atoms with Gasteiger partial charge in [0.05, 0.1) is 13.2 Å². The molecule has 7 atom stereocenters. The number of carbonyl (C=O) groups excluding carboxylic acids is 1. The topological polar surface area (TPSA) is 178 Å². The van der Waals surface area contributed by atoms with Crippen LogP contribution in [0, 0.1) is 5.92 Å². The van der Waals surface area contributed by atoms with Gasteiger partial charge in [-0.25, -0.2) is 4.79 Å². The lowest BCUT2D eigenvalue weighted by Crippen LogP contribution is -2.87. The second-order valence-electron chi connectivity index (χ2n) is 5.69. The van der Waals surface area contributed by atoms with E-state index in [2.05, 4.69) is 10.3 Å². The molecular formula is C11H17N3O7. The molecule has 1 aliphatic carbocycles. The van der Waals surface area contributed by atoms with Crippen LogP contribution in [0.2, 0.25) is 0 Å². The first kappa shape index (κ1) is 14.5. The van der Waals surface area contributed by atoms with Gasteiger partial charge in [0, 0.05) is 5.92 Å². The van der Waals surface area contributed by atoms with Crippen molar-refractivity contribution in [2.45, 2.75) is 35.6 Å². The molecule has 2 heterocycles. The summed E-state index contributed by atoms with van der Waals surface area (Å²) in [6, 6.07) is 0. The van der Waals surface area contributed by atoms with E-state index in [0.717, 1.165) is 0 Å². The zero-order chi connectivity index (χ0) is 15.6. The first-order valence-corrected chi connectivity index (χ1v) is 6.45. The Morgan fingerprint density at radius 1 is 1.38 bits per heavy atom. The molecule has 118 valence electrons. The van der Waals surface area contributed by atoms with Crippen molar-refractivity contribution in [3.63, 3.8) is 0 Å². The zero-order valence-corrected chi connectivity index (χ0v) is 10.9. The number of guanidine groups is 1. The molecule has 8 N–H and O–H groups in total. The Kier molecular flexibility index (Phi) is 2.94. The highest BCUT2D eigenvalue weighted by Gasteiger charge is 2.73. The highest BCUT2D eigenvalue weighted by molar-refractivity contribution is 5.84. The molecule has 1 saturated heterocycles. The fourth-order valence-electron chi connectivity index (χ4n) is 3.58. The van der Waals surface area contributed by atoms with Gasteiger partial charge in [0.1, 0.15) is 23.9 Å². The third-order valence-corrected chi connectivity index (χ3v) is 4.75. The quantitative estimate of drug-likeness (QED) is 0.234. The number of carbonyl (C=O) groups is 1. The minimum atomic E-state index is -2.26. The maximum Gasteiger partial charge on any atom is 0.337 e. The van der Waals surface area contributed by atoms with Crippen LogP contribution in [0.4, 0.5) is 0 Å². The summed E-state index contributed by atoms with van der Waals surface area (Å²) >= 11 is 0. The van der Waals surface area contributed by atoms with Crippen molar-refractivity contribution in [1.29, 1.82) is 0 Å². The summed E-state index contributed by atoms with van der Waals surface area (Å²) in [6.07, 6.45) is -6.78. The monoisotopic (exact) mass is 303 g/mol. The molecule has 10 heteroatoms. The minimum absolute atomic E-state index is 0.0556. The molecule has 2 bridgehead atoms. The van der Waals surface area contributed by atoms with Gasteiger partial charge in [-0.15, -0.1) is 0 Å². The Bertz CT molecular complexity index is 514. The lowest BCUT2D eigenvalue weighted by atomic mass is 9.58. The largest absolute Gasteiger partial charge is 0.457 e. The molecule has 0 spiro atoms. The predicted octanol–water partition coefficient (Wildman–Crippen LogP) is -5.00. The van der Waals surface area contributed by atoms with Gasteiger partial charge in [-0.3, -0.25) is 4.99 Å². The van der Waals surface area contributed by atoms with Gasteiger partial charge in [-0.2, -0.15) is 0 Å². The molecule has 1 saturated carbocycles. The molecule has 0 aromatic rings.